The first-order chi connectivity index (χ1) is 11.4. The van der Waals surface area contributed by atoms with Crippen molar-refractivity contribution in [2.75, 3.05) is 10.6 Å². The average molecular weight is 330 g/mol. The third-order valence-corrected chi connectivity index (χ3v) is 2.88. The standard InChI is InChI=1S/C15H14N4O5/c20-13(4-5-14(21)22)19-12-7-11(16-8-17-12)18-10-3-1-2-9(6-10)15(23)24/h1-3,6-8H,4-5H2,(H,21,22)(H,23,24)(H2,16,17,18,19,20). The van der Waals surface area contributed by atoms with Gasteiger partial charge in [-0.1, -0.05) is 6.07 Å². The largest absolute Gasteiger partial charge is 0.481 e. The minimum absolute atomic E-state index is 0.122. The van der Waals surface area contributed by atoms with E-state index in [0.29, 0.717) is 11.5 Å². The molecule has 1 aromatic heterocycles. The van der Waals surface area contributed by atoms with E-state index < -0.39 is 17.8 Å². The molecule has 0 atom stereocenters. The second-order valence-electron chi connectivity index (χ2n) is 4.74. The number of hydrogen-bond acceptors (Lipinski definition) is 6. The fraction of sp³-hybridized carbons (Fsp3) is 0.133. The van der Waals surface area contributed by atoms with Crippen molar-refractivity contribution in [3.63, 3.8) is 0 Å². The first-order valence-electron chi connectivity index (χ1n) is 6.88. The second-order valence-corrected chi connectivity index (χ2v) is 4.74. The van der Waals surface area contributed by atoms with Gasteiger partial charge < -0.3 is 20.8 Å². The van der Waals surface area contributed by atoms with E-state index in [9.17, 15) is 14.4 Å². The zero-order chi connectivity index (χ0) is 17.5. The molecule has 0 bridgehead atoms. The minimum Gasteiger partial charge on any atom is -0.481 e. The van der Waals surface area contributed by atoms with E-state index in [-0.39, 0.29) is 24.2 Å². The first kappa shape index (κ1) is 16.9. The molecule has 0 aliphatic heterocycles. The van der Waals surface area contributed by atoms with Crippen LogP contribution in [0.15, 0.2) is 36.7 Å². The highest BCUT2D eigenvalue weighted by atomic mass is 16.4. The predicted molar refractivity (Wildman–Crippen MR) is 84.2 cm³/mol. The van der Waals surface area contributed by atoms with Gasteiger partial charge in [0, 0.05) is 18.2 Å². The lowest BCUT2D eigenvalue weighted by Gasteiger charge is -2.08. The highest BCUT2D eigenvalue weighted by molar-refractivity contribution is 5.92. The second kappa shape index (κ2) is 7.68. The highest BCUT2D eigenvalue weighted by Crippen LogP contribution is 2.17. The van der Waals surface area contributed by atoms with Crippen LogP contribution in [0.4, 0.5) is 17.3 Å². The first-order valence-corrected chi connectivity index (χ1v) is 6.88. The number of carboxylic acids is 2. The quantitative estimate of drug-likeness (QED) is 0.601. The van der Waals surface area contributed by atoms with Crippen LogP contribution in [-0.4, -0.2) is 38.0 Å². The summed E-state index contributed by atoms with van der Waals surface area (Å²) in [4.78, 5) is 40.8. The number of aromatic carboxylic acids is 1. The molecule has 1 aromatic carbocycles. The van der Waals surface area contributed by atoms with Crippen molar-refractivity contribution >= 4 is 35.2 Å². The van der Waals surface area contributed by atoms with Gasteiger partial charge in [-0.3, -0.25) is 9.59 Å². The van der Waals surface area contributed by atoms with Crippen molar-refractivity contribution in [1.82, 2.24) is 9.97 Å². The number of carboxylic acid groups (broad SMARTS) is 2. The van der Waals surface area contributed by atoms with E-state index in [0.717, 1.165) is 0 Å². The molecule has 9 nitrogen and oxygen atoms in total. The smallest absolute Gasteiger partial charge is 0.335 e. The Kier molecular flexibility index (Phi) is 5.40. The third-order valence-electron chi connectivity index (χ3n) is 2.88. The maximum atomic E-state index is 11.6. The summed E-state index contributed by atoms with van der Waals surface area (Å²) in [7, 11) is 0. The van der Waals surface area contributed by atoms with Gasteiger partial charge in [-0.2, -0.15) is 0 Å². The average Bonchev–Trinajstić information content (AvgIpc) is 2.53. The molecule has 0 radical (unpaired) electrons. The number of anilines is 3. The molecular weight excluding hydrogens is 316 g/mol. The van der Waals surface area contributed by atoms with E-state index in [2.05, 4.69) is 20.6 Å². The minimum atomic E-state index is -1.06. The lowest BCUT2D eigenvalue weighted by Crippen LogP contribution is -2.14. The molecule has 1 heterocycles. The van der Waals surface area contributed by atoms with Gasteiger partial charge in [0.05, 0.1) is 12.0 Å². The summed E-state index contributed by atoms with van der Waals surface area (Å²) < 4.78 is 0. The number of aromatic nitrogens is 2. The Balaban J connectivity index is 2.05. The van der Waals surface area contributed by atoms with Gasteiger partial charge in [-0.15, -0.1) is 0 Å². The maximum Gasteiger partial charge on any atom is 0.335 e. The normalized spacial score (nSPS) is 10.0. The molecule has 0 saturated heterocycles. The van der Waals surface area contributed by atoms with Crippen LogP contribution in [0.1, 0.15) is 23.2 Å². The van der Waals surface area contributed by atoms with Crippen LogP contribution < -0.4 is 10.6 Å². The number of hydrogen-bond donors (Lipinski definition) is 4. The van der Waals surface area contributed by atoms with Gasteiger partial charge in [0.1, 0.15) is 18.0 Å². The third kappa shape index (κ3) is 5.05. The van der Waals surface area contributed by atoms with Crippen LogP contribution in [0, 0.1) is 0 Å². The number of benzene rings is 1. The predicted octanol–water partition coefficient (Wildman–Crippen LogP) is 1.72. The highest BCUT2D eigenvalue weighted by Gasteiger charge is 2.08. The number of rotatable bonds is 7. The van der Waals surface area contributed by atoms with Crippen molar-refractivity contribution in [3.05, 3.63) is 42.2 Å². The summed E-state index contributed by atoms with van der Waals surface area (Å²) in [6.07, 6.45) is 0.781. The molecule has 4 N–H and O–H groups in total. The van der Waals surface area contributed by atoms with Crippen LogP contribution in [0.3, 0.4) is 0 Å². The van der Waals surface area contributed by atoms with Gasteiger partial charge in [0.25, 0.3) is 0 Å². The Bertz CT molecular complexity index is 778. The Morgan fingerprint density at radius 1 is 1.00 bits per heavy atom. The number of aliphatic carboxylic acids is 1. The van der Waals surface area contributed by atoms with Crippen molar-refractivity contribution in [2.24, 2.45) is 0 Å². The van der Waals surface area contributed by atoms with E-state index >= 15 is 0 Å². The number of carbonyl (C=O) groups is 3. The van der Waals surface area contributed by atoms with Crippen molar-refractivity contribution in [3.8, 4) is 0 Å². The Labute approximate surface area is 136 Å². The Morgan fingerprint density at radius 2 is 1.75 bits per heavy atom. The fourth-order valence-corrected chi connectivity index (χ4v) is 1.80. The van der Waals surface area contributed by atoms with E-state index in [1.54, 1.807) is 12.1 Å². The molecule has 24 heavy (non-hydrogen) atoms. The monoisotopic (exact) mass is 330 g/mol. The topological polar surface area (TPSA) is 142 Å². The van der Waals surface area contributed by atoms with Gasteiger partial charge in [-0.25, -0.2) is 14.8 Å². The summed E-state index contributed by atoms with van der Waals surface area (Å²) in [5.41, 5.74) is 0.632. The van der Waals surface area contributed by atoms with Crippen LogP contribution in [0.5, 0.6) is 0 Å². The Hall–Kier alpha value is -3.49. The van der Waals surface area contributed by atoms with Crippen molar-refractivity contribution in [2.45, 2.75) is 12.8 Å². The van der Waals surface area contributed by atoms with E-state index in [1.165, 1.54) is 24.5 Å². The van der Waals surface area contributed by atoms with Crippen LogP contribution in [0.2, 0.25) is 0 Å². The van der Waals surface area contributed by atoms with Gasteiger partial charge >= 0.3 is 11.9 Å². The fourth-order valence-electron chi connectivity index (χ4n) is 1.80. The number of nitrogens with one attached hydrogen (secondary N) is 2. The Morgan fingerprint density at radius 3 is 2.46 bits per heavy atom. The lowest BCUT2D eigenvalue weighted by atomic mass is 10.2. The van der Waals surface area contributed by atoms with E-state index in [1.807, 2.05) is 0 Å². The zero-order valence-corrected chi connectivity index (χ0v) is 12.4. The van der Waals surface area contributed by atoms with Gasteiger partial charge in [0.2, 0.25) is 5.91 Å². The number of nitrogens with zero attached hydrogens (tertiary/aromatic N) is 2. The van der Waals surface area contributed by atoms with Crippen molar-refractivity contribution < 1.29 is 24.6 Å². The molecule has 0 spiro atoms. The summed E-state index contributed by atoms with van der Waals surface area (Å²) in [5, 5.41) is 22.9. The SMILES string of the molecule is O=C(O)CCC(=O)Nc1cc(Nc2cccc(C(=O)O)c2)ncn1. The van der Waals surface area contributed by atoms with Gasteiger partial charge in [-0.05, 0) is 18.2 Å². The lowest BCUT2D eigenvalue weighted by molar-refractivity contribution is -0.138. The summed E-state index contributed by atoms with van der Waals surface area (Å²) in [6.45, 7) is 0. The molecule has 0 unspecified atom stereocenters. The number of amides is 1. The van der Waals surface area contributed by atoms with Crippen LogP contribution in [-0.2, 0) is 9.59 Å². The maximum absolute atomic E-state index is 11.6. The van der Waals surface area contributed by atoms with Gasteiger partial charge in [0.15, 0.2) is 0 Å². The molecule has 9 heteroatoms. The zero-order valence-electron chi connectivity index (χ0n) is 12.4. The molecule has 0 aliphatic rings. The van der Waals surface area contributed by atoms with Crippen molar-refractivity contribution in [1.29, 1.82) is 0 Å². The molecule has 2 rings (SSSR count). The summed E-state index contributed by atoms with van der Waals surface area (Å²) in [5.74, 6) is -2.03. The molecule has 0 fully saturated rings. The molecule has 0 aliphatic carbocycles. The summed E-state index contributed by atoms with van der Waals surface area (Å²) in [6, 6.07) is 7.60. The molecule has 1 amide bonds. The summed E-state index contributed by atoms with van der Waals surface area (Å²) >= 11 is 0. The molecule has 2 aromatic rings. The molecule has 124 valence electrons. The van der Waals surface area contributed by atoms with Crippen LogP contribution >= 0.6 is 0 Å². The molecule has 0 saturated carbocycles. The molecular formula is C15H14N4O5. The van der Waals surface area contributed by atoms with E-state index in [4.69, 9.17) is 10.2 Å². The number of carbonyl (C=O) groups excluding carboxylic acids is 1. The van der Waals surface area contributed by atoms with Crippen LogP contribution in [0.25, 0.3) is 0 Å².